The fraction of sp³-hybridized carbons (Fsp3) is 0.448. The molecule has 4 saturated carbocycles. The summed E-state index contributed by atoms with van der Waals surface area (Å²) < 4.78 is 26.8. The van der Waals surface area contributed by atoms with Crippen LogP contribution < -0.4 is 111 Å². The Morgan fingerprint density at radius 1 is 0.456 bits per heavy atom. The van der Waals surface area contributed by atoms with Crippen LogP contribution in [-0.4, -0.2) is 189 Å². The molecule has 0 saturated heterocycles. The number of primary amides is 2. The minimum Gasteiger partial charge on any atom is -1.00 e. The van der Waals surface area contributed by atoms with Crippen molar-refractivity contribution >= 4 is 148 Å². The molecule has 5 amide bonds. The molecule has 15 rings (SSSR count). The molecule has 147 heavy (non-hydrogen) atoms. The number of ether oxygens (including phenoxy) is 3. The SMILES string of the molecule is CC(C)(C)OC(=O)N[C@H]1CCCC[C@H]1Nc1ccc(C#N)c(Br)c1.CI.Cn1cc(N)cn1.Cn1cc(N)cn1.Cn1cc(Nc2cc(N[C@@H]3CCCC[C@@H]3N)ccc2C(N)=O)cn1.Cn1cc(Nc2cc(N[C@@H]3CCCC[C@@H]3NC(=O)OC(C)(C)C)ccc2C#N)cn1.Cn1cc(Nc2cc(N[C@@H]3CCCC[C@@H]3NC(=O)OC(C)(C)C)ccc2C(N)=O)cn1.Cn1cc([N+](=O)[O-])cn1.O=[N+]([O-])c1cn[nH]c1.OO.[CH3-].[H-].[HH].[Na+].[Pd]. The summed E-state index contributed by atoms with van der Waals surface area (Å²) in [4.78, 5) is 80.9. The molecule has 11 aromatic rings. The number of nitrogens with one attached hydrogen (secondary N) is 11. The van der Waals surface area contributed by atoms with Crippen molar-refractivity contribution in [2.24, 2.45) is 59.5 Å². The minimum absolute atomic E-state index is 0. The Morgan fingerprint density at radius 3 is 1.02 bits per heavy atom. The zero-order valence-corrected chi connectivity index (χ0v) is 93.6. The van der Waals surface area contributed by atoms with E-state index in [1.54, 1.807) is 98.1 Å². The Morgan fingerprint density at radius 2 is 0.755 bits per heavy atom. The number of alkyl halides is 1. The maximum absolute atomic E-state index is 12.3. The quantitative estimate of drug-likeness (QED) is 0.00464. The van der Waals surface area contributed by atoms with Crippen molar-refractivity contribution in [3.63, 3.8) is 0 Å². The third-order valence-corrected chi connectivity index (χ3v) is 22.1. The predicted octanol–water partition coefficient (Wildman–Crippen LogP) is 13.8. The topological polar surface area (TPSA) is 673 Å². The second kappa shape index (κ2) is 64.1. The second-order valence-corrected chi connectivity index (χ2v) is 37.7. The van der Waals surface area contributed by atoms with Crippen LogP contribution in [0, 0.1) is 50.3 Å². The Balaban J connectivity index is 0.000000886. The van der Waals surface area contributed by atoms with E-state index >= 15 is 0 Å². The van der Waals surface area contributed by atoms with E-state index in [2.05, 4.69) is 145 Å². The van der Waals surface area contributed by atoms with E-state index in [9.17, 15) is 49.5 Å². The van der Waals surface area contributed by atoms with Gasteiger partial charge in [-0.05, 0) is 207 Å². The molecule has 4 aliphatic rings. The van der Waals surface area contributed by atoms with Gasteiger partial charge in [0.25, 0.3) is 11.8 Å². The summed E-state index contributed by atoms with van der Waals surface area (Å²) in [5.74, 6) is -0.984. The predicted molar refractivity (Wildman–Crippen MR) is 576 cm³/mol. The number of alkyl carbamates (subject to hydrolysis) is 3. The minimum atomic E-state index is -0.543. The normalized spacial score (nSPS) is 16.6. The van der Waals surface area contributed by atoms with E-state index < -0.39 is 44.6 Å². The van der Waals surface area contributed by atoms with E-state index in [4.69, 9.17) is 58.7 Å². The first-order valence-corrected chi connectivity index (χ1v) is 49.2. The van der Waals surface area contributed by atoms with Crippen molar-refractivity contribution in [2.75, 3.05) is 53.6 Å². The molecule has 51 heteroatoms. The van der Waals surface area contributed by atoms with Gasteiger partial charge >= 0.3 is 59.2 Å². The summed E-state index contributed by atoms with van der Waals surface area (Å²) in [5, 5.41) is 112. The van der Waals surface area contributed by atoms with Crippen LogP contribution >= 0.6 is 38.5 Å². The van der Waals surface area contributed by atoms with E-state index in [0.29, 0.717) is 50.7 Å². The molecule has 4 aliphatic carbocycles. The smallest absolute Gasteiger partial charge is 1.00 e. The van der Waals surface area contributed by atoms with E-state index in [0.717, 1.165) is 140 Å². The summed E-state index contributed by atoms with van der Waals surface area (Å²) >= 11 is 5.56. The number of aryl methyl sites for hydroxylation is 6. The van der Waals surface area contributed by atoms with Crippen LogP contribution in [0.4, 0.5) is 94.0 Å². The monoisotopic (exact) mass is 2320 g/mol. The third-order valence-electron chi connectivity index (χ3n) is 21.4. The van der Waals surface area contributed by atoms with Crippen LogP contribution in [-0.2, 0) is 76.9 Å². The Hall–Kier alpha value is -13.2. The fourth-order valence-corrected chi connectivity index (χ4v) is 15.6. The number of halogens is 2. The van der Waals surface area contributed by atoms with Gasteiger partial charge in [0.15, 0.2) is 0 Å². The van der Waals surface area contributed by atoms with Gasteiger partial charge in [-0.25, -0.2) is 14.4 Å². The third kappa shape index (κ3) is 47.5. The molecule has 7 aromatic heterocycles. The number of nitro groups is 2. The first-order valence-electron chi connectivity index (χ1n) is 46.2. The van der Waals surface area contributed by atoms with Crippen LogP contribution in [0.25, 0.3) is 0 Å². The number of nitriles is 2. The molecule has 4 aromatic carbocycles. The number of nitrogens with two attached hydrogens (primary N) is 5. The van der Waals surface area contributed by atoms with E-state index in [-0.39, 0.29) is 132 Å². The van der Waals surface area contributed by atoms with Crippen molar-refractivity contribution < 1.29 is 111 Å². The van der Waals surface area contributed by atoms with Crippen molar-refractivity contribution in [1.82, 2.24) is 84.8 Å². The molecule has 7 heterocycles. The second-order valence-electron chi connectivity index (χ2n) is 36.8. The fourth-order valence-electron chi connectivity index (χ4n) is 15.1. The van der Waals surface area contributed by atoms with Crippen LogP contribution in [0.3, 0.4) is 0 Å². The maximum Gasteiger partial charge on any atom is 1.00 e. The average Bonchev–Trinajstić information content (AvgIpc) is 1.79. The van der Waals surface area contributed by atoms with Crippen LogP contribution in [0.15, 0.2) is 164 Å². The number of carbonyl (C=O) groups excluding carboxylic acids is 5. The van der Waals surface area contributed by atoms with Gasteiger partial charge in [-0.15, -0.1) is 0 Å². The summed E-state index contributed by atoms with van der Waals surface area (Å²) in [6.07, 6.45) is 37.6. The number of H-pyrrole nitrogens is 1. The van der Waals surface area contributed by atoms with Gasteiger partial charge in [0.05, 0.1) is 133 Å². The van der Waals surface area contributed by atoms with Crippen LogP contribution in [0.5, 0.6) is 0 Å². The Labute approximate surface area is 917 Å². The van der Waals surface area contributed by atoms with Crippen molar-refractivity contribution in [1.29, 1.82) is 10.5 Å². The number of nitrogens with zero attached hydrogens (tertiary/aromatic N) is 17. The summed E-state index contributed by atoms with van der Waals surface area (Å²) in [5.41, 5.74) is 37.6. The Bertz CT molecular complexity index is 5910. The van der Waals surface area contributed by atoms with Crippen LogP contribution in [0.2, 0.25) is 0 Å². The number of aromatic nitrogens is 14. The molecule has 23 N–H and O–H groups in total. The largest absolute Gasteiger partial charge is 1.00 e. The standard InChI is InChI=1S/C22H32N6O3.C22H30N6O2.C18H24BrN3O2.C17H24N6O.C4H5N3O2.2C4H7N3.C3H3N3O2.CH3I.CH3.Na.H2O2.Pd.H2.H/c1-22(2,3)31-21(30)27-18-8-6-5-7-17(18)25-14-9-10-16(20(23)29)19(11-14)26-15-12-24-28(4)13-15;1-22(2,3)30-21(29)27-19-8-6-5-7-18(19)25-16-10-9-15(12-23)20(11-16)26-17-13-24-28(4)14-17;1-18(2,3)24-17(23)22-16-7-5-4-6-15(16)21-13-9-8-12(11-20)14(19)10-13;1-23-10-12(9-20-23)22-16-8-11(6-7-13(16)17(19)24)21-15-5-3-2-4-14(15)18;1-6-3-4(2-5-6)7(8)9;2*1-7-3-4(5)2-6-7;7-6(8)3-1-4-5-2-3;1-2;;;1-2;;;/h9-13,17-18,25-26H,5-8H2,1-4H3,(H2,23,29)(H,27,30);9-11,13-14,18-19,25-26H,5-8H2,1-4H3,(H,27,29);8-10,15-16,21H,4-7H2,1-3H3,(H,22,23);6-10,14-15,21-22H,2-5,18H2,1H3,(H2,19,24);2-3H,1H3;2*2-3H,5H2,1H3;1-2H,(H,4,5);1H3;1H3;;1-2H;;1H;/q;;;;;;;;;-1;+1;;;;-1/t17-,18+;18-,19+;15-,16+;14-,15+;;;;;;;;;;;/m1110.........../s1. The number of benzene rings is 4. The van der Waals surface area contributed by atoms with Crippen LogP contribution in [0.1, 0.15) is 200 Å². The van der Waals surface area contributed by atoms with Crippen molar-refractivity contribution in [2.45, 2.75) is 230 Å². The number of anilines is 12. The molecular formula is C96H143BrIN33NaO14Pd-. The van der Waals surface area contributed by atoms with E-state index in [1.165, 1.54) is 36.1 Å². The zero-order chi connectivity index (χ0) is 107. The molecule has 0 unspecified atom stereocenters. The summed E-state index contributed by atoms with van der Waals surface area (Å²) in [6, 6.07) is 27.1. The molecule has 0 radical (unpaired) electrons. The Kier molecular flexibility index (Phi) is 55.8. The van der Waals surface area contributed by atoms with Gasteiger partial charge in [0.2, 0.25) is 0 Å². The molecule has 47 nitrogen and oxygen atoms in total. The van der Waals surface area contributed by atoms with Gasteiger partial charge < -0.3 is 105 Å². The molecule has 0 spiro atoms. The number of amides is 5. The molecule has 8 atom stereocenters. The summed E-state index contributed by atoms with van der Waals surface area (Å²) in [6.45, 7) is 16.7. The average molecular weight is 2320 g/mol. The number of carbonyl (C=O) groups is 5. The zero-order valence-electron chi connectivity index (χ0n) is 87.3. The molecule has 4 fully saturated rings. The van der Waals surface area contributed by atoms with Crippen molar-refractivity contribution in [3.8, 4) is 12.1 Å². The molecular weight excluding hydrogens is 2180 g/mol. The van der Waals surface area contributed by atoms with Gasteiger partial charge in [-0.2, -0.15) is 46.2 Å². The number of aromatic amines is 1. The molecule has 802 valence electrons. The maximum atomic E-state index is 12.3. The number of nitrogen functional groups attached to an aromatic ring is 2. The van der Waals surface area contributed by atoms with Crippen molar-refractivity contribution in [3.05, 3.63) is 214 Å². The number of hydrogen-bond donors (Lipinski definition) is 18. The van der Waals surface area contributed by atoms with E-state index in [1.807, 2.05) is 170 Å². The van der Waals surface area contributed by atoms with Gasteiger partial charge in [0.1, 0.15) is 47.5 Å². The first kappa shape index (κ1) is 128. The number of rotatable bonds is 21. The van der Waals surface area contributed by atoms with Gasteiger partial charge in [-0.3, -0.25) is 73.5 Å². The molecule has 0 aliphatic heterocycles. The van der Waals surface area contributed by atoms with Gasteiger partial charge in [0, 0.05) is 153 Å². The molecule has 0 bridgehead atoms. The first-order chi connectivity index (χ1) is 68.2. The van der Waals surface area contributed by atoms with Gasteiger partial charge in [-0.1, -0.05) is 74.0 Å². The summed E-state index contributed by atoms with van der Waals surface area (Å²) in [7, 11) is 10.8. The number of hydrogen-bond acceptors (Lipinski definition) is 33.